The van der Waals surface area contributed by atoms with Crippen molar-refractivity contribution in [3.05, 3.63) is 52.3 Å². The van der Waals surface area contributed by atoms with E-state index in [1.807, 2.05) is 0 Å². The maximum Gasteiger partial charge on any atom is 0.176 e. The summed E-state index contributed by atoms with van der Waals surface area (Å²) >= 11 is 5.89. The van der Waals surface area contributed by atoms with Gasteiger partial charge in [0, 0.05) is 40.7 Å². The normalized spacial score (nSPS) is 15.2. The highest BCUT2D eigenvalue weighted by molar-refractivity contribution is 7.90. The number of hydrogen-bond donors (Lipinski definition) is 0. The predicted molar refractivity (Wildman–Crippen MR) is 106 cm³/mol. The second-order valence-electron chi connectivity index (χ2n) is 6.58. The molecule has 144 valence electrons. The highest BCUT2D eigenvalue weighted by Gasteiger charge is 2.28. The van der Waals surface area contributed by atoms with Gasteiger partial charge in [0.1, 0.15) is 17.3 Å². The van der Waals surface area contributed by atoms with Crippen LogP contribution in [0.1, 0.15) is 37.3 Å². The summed E-state index contributed by atoms with van der Waals surface area (Å²) in [6.45, 7) is 2.75. The van der Waals surface area contributed by atoms with Gasteiger partial charge in [0.2, 0.25) is 0 Å². The van der Waals surface area contributed by atoms with E-state index in [1.54, 1.807) is 6.07 Å². The minimum atomic E-state index is -3.41. The Bertz CT molecular complexity index is 982. The molecule has 0 heterocycles. The molecule has 2 aromatic carbocycles. The molecule has 0 atom stereocenters. The molecule has 2 aromatic rings. The fraction of sp³-hybridized carbons (Fsp3) is 0.350. The van der Waals surface area contributed by atoms with Gasteiger partial charge in [-0.3, -0.25) is 4.99 Å². The molecular formula is C20H21ClFNO3S. The van der Waals surface area contributed by atoms with Crippen molar-refractivity contribution in [3.8, 4) is 11.5 Å². The average Bonchev–Trinajstić information content (AvgIpc) is 2.98. The molecule has 0 saturated heterocycles. The summed E-state index contributed by atoms with van der Waals surface area (Å²) in [5.74, 6) is 0.272. The minimum absolute atomic E-state index is 0.233. The number of hydrogen-bond acceptors (Lipinski definition) is 4. The van der Waals surface area contributed by atoms with Crippen molar-refractivity contribution in [1.82, 2.24) is 0 Å². The van der Waals surface area contributed by atoms with E-state index < -0.39 is 15.7 Å². The van der Waals surface area contributed by atoms with Gasteiger partial charge >= 0.3 is 0 Å². The van der Waals surface area contributed by atoms with Crippen LogP contribution < -0.4 is 4.74 Å². The van der Waals surface area contributed by atoms with E-state index in [0.29, 0.717) is 30.7 Å². The van der Waals surface area contributed by atoms with Crippen LogP contribution in [0.15, 0.2) is 40.2 Å². The molecule has 7 heteroatoms. The second kappa shape index (κ2) is 7.98. The van der Waals surface area contributed by atoms with Crippen LogP contribution >= 0.6 is 11.6 Å². The van der Waals surface area contributed by atoms with Gasteiger partial charge < -0.3 is 4.74 Å². The number of fused-ring (bicyclic) bond motifs is 1. The highest BCUT2D eigenvalue weighted by atomic mass is 35.5. The highest BCUT2D eigenvalue weighted by Crippen LogP contribution is 2.38. The summed E-state index contributed by atoms with van der Waals surface area (Å²) < 4.78 is 44.0. The molecule has 0 unspecified atom stereocenters. The van der Waals surface area contributed by atoms with Crippen molar-refractivity contribution in [2.45, 2.75) is 37.5 Å². The molecule has 0 fully saturated rings. The first-order chi connectivity index (χ1) is 12.8. The molecule has 0 amide bonds. The van der Waals surface area contributed by atoms with Gasteiger partial charge in [-0.05, 0) is 43.5 Å². The molecule has 0 spiro atoms. The fourth-order valence-corrected chi connectivity index (χ4v) is 4.33. The van der Waals surface area contributed by atoms with Crippen LogP contribution in [-0.4, -0.2) is 26.9 Å². The summed E-state index contributed by atoms with van der Waals surface area (Å²) in [5.41, 5.74) is 2.21. The van der Waals surface area contributed by atoms with Gasteiger partial charge in [0.25, 0.3) is 0 Å². The largest absolute Gasteiger partial charge is 0.457 e. The minimum Gasteiger partial charge on any atom is -0.457 e. The lowest BCUT2D eigenvalue weighted by Crippen LogP contribution is -2.08. The number of benzene rings is 2. The maximum atomic E-state index is 13.6. The average molecular weight is 410 g/mol. The molecule has 0 aliphatic heterocycles. The van der Waals surface area contributed by atoms with Crippen molar-refractivity contribution in [2.75, 3.05) is 12.8 Å². The molecule has 0 aromatic heterocycles. The first kappa shape index (κ1) is 19.8. The second-order valence-corrected chi connectivity index (χ2v) is 9.00. The zero-order valence-corrected chi connectivity index (χ0v) is 16.8. The number of nitrogens with zero attached hydrogens (tertiary/aromatic N) is 1. The summed E-state index contributed by atoms with van der Waals surface area (Å²) in [5, 5.41) is 0.233. The Hall–Kier alpha value is -1.92. The Labute approximate surface area is 164 Å². The van der Waals surface area contributed by atoms with Crippen LogP contribution in [0.25, 0.3) is 0 Å². The topological polar surface area (TPSA) is 55.7 Å². The zero-order valence-electron chi connectivity index (χ0n) is 15.3. The Balaban J connectivity index is 2.07. The zero-order chi connectivity index (χ0) is 19.6. The van der Waals surface area contributed by atoms with E-state index in [4.69, 9.17) is 16.3 Å². The number of ether oxygens (including phenoxy) is 1. The SMILES string of the molecule is CCCC/N=C1\CCc2c(Oc3cc(F)cc(Cl)c3)ccc(S(C)(=O)=O)c21. The van der Waals surface area contributed by atoms with Crippen LogP contribution in [0.3, 0.4) is 0 Å². The van der Waals surface area contributed by atoms with Crippen LogP contribution in [0.4, 0.5) is 4.39 Å². The molecule has 27 heavy (non-hydrogen) atoms. The number of rotatable bonds is 6. The summed E-state index contributed by atoms with van der Waals surface area (Å²) in [7, 11) is -3.41. The standard InChI is InChI=1S/C20H21ClFNO3S/c1-3-4-9-23-17-6-5-16-18(7-8-19(20(16)17)27(2,24)25)26-15-11-13(21)10-14(22)12-15/h7-8,10-12H,3-6,9H2,1-2H3/b23-17+. The van der Waals surface area contributed by atoms with E-state index in [2.05, 4.69) is 11.9 Å². The first-order valence-corrected chi connectivity index (χ1v) is 11.1. The number of unbranched alkanes of at least 4 members (excludes halogenated alkanes) is 1. The van der Waals surface area contributed by atoms with Crippen LogP contribution in [0.5, 0.6) is 11.5 Å². The monoisotopic (exact) mass is 409 g/mol. The predicted octanol–water partition coefficient (Wildman–Crippen LogP) is 5.21. The smallest absolute Gasteiger partial charge is 0.176 e. The third-order valence-electron chi connectivity index (χ3n) is 4.41. The van der Waals surface area contributed by atoms with Crippen molar-refractivity contribution < 1.29 is 17.5 Å². The van der Waals surface area contributed by atoms with Gasteiger partial charge in [-0.25, -0.2) is 12.8 Å². The van der Waals surface area contributed by atoms with Crippen molar-refractivity contribution in [2.24, 2.45) is 4.99 Å². The van der Waals surface area contributed by atoms with Crippen LogP contribution in [0.2, 0.25) is 5.02 Å². The van der Waals surface area contributed by atoms with E-state index in [9.17, 15) is 12.8 Å². The molecule has 0 radical (unpaired) electrons. The molecular weight excluding hydrogens is 389 g/mol. The number of aliphatic imine (C=N–C) groups is 1. The Morgan fingerprint density at radius 2 is 2.00 bits per heavy atom. The van der Waals surface area contributed by atoms with E-state index in [1.165, 1.54) is 30.5 Å². The maximum absolute atomic E-state index is 13.6. The Morgan fingerprint density at radius 1 is 1.22 bits per heavy atom. The third kappa shape index (κ3) is 4.50. The van der Waals surface area contributed by atoms with Crippen LogP contribution in [-0.2, 0) is 16.3 Å². The van der Waals surface area contributed by atoms with Crippen molar-refractivity contribution in [3.63, 3.8) is 0 Å². The molecule has 1 aliphatic rings. The molecule has 3 rings (SSSR count). The van der Waals surface area contributed by atoms with Gasteiger partial charge in [-0.15, -0.1) is 0 Å². The quantitative estimate of drug-likeness (QED) is 0.615. The third-order valence-corrected chi connectivity index (χ3v) is 5.77. The molecule has 1 aliphatic carbocycles. The number of sulfone groups is 1. The lowest BCUT2D eigenvalue weighted by molar-refractivity contribution is 0.471. The fourth-order valence-electron chi connectivity index (χ4n) is 3.19. The van der Waals surface area contributed by atoms with E-state index in [-0.39, 0.29) is 15.7 Å². The van der Waals surface area contributed by atoms with E-state index >= 15 is 0 Å². The summed E-state index contributed by atoms with van der Waals surface area (Å²) in [6.07, 6.45) is 4.45. The van der Waals surface area contributed by atoms with Crippen LogP contribution in [0, 0.1) is 5.82 Å². The van der Waals surface area contributed by atoms with Gasteiger partial charge in [0.15, 0.2) is 9.84 Å². The molecule has 0 saturated carbocycles. The lowest BCUT2D eigenvalue weighted by Gasteiger charge is -2.14. The van der Waals surface area contributed by atoms with E-state index in [0.717, 1.165) is 24.1 Å². The molecule has 0 N–H and O–H groups in total. The Kier molecular flexibility index (Phi) is 5.86. The Morgan fingerprint density at radius 3 is 2.67 bits per heavy atom. The van der Waals surface area contributed by atoms with Crippen molar-refractivity contribution in [1.29, 1.82) is 0 Å². The van der Waals surface area contributed by atoms with Gasteiger partial charge in [0.05, 0.1) is 4.90 Å². The molecule has 0 bridgehead atoms. The van der Waals surface area contributed by atoms with Gasteiger partial charge in [-0.2, -0.15) is 0 Å². The molecule has 4 nitrogen and oxygen atoms in total. The summed E-state index contributed by atoms with van der Waals surface area (Å²) in [6, 6.07) is 7.11. The summed E-state index contributed by atoms with van der Waals surface area (Å²) in [4.78, 5) is 4.88. The lowest BCUT2D eigenvalue weighted by atomic mass is 10.1. The van der Waals surface area contributed by atoms with Gasteiger partial charge in [-0.1, -0.05) is 24.9 Å². The van der Waals surface area contributed by atoms with Crippen molar-refractivity contribution >= 4 is 27.1 Å². The number of halogens is 2. The first-order valence-electron chi connectivity index (χ1n) is 8.83.